The van der Waals surface area contributed by atoms with Crippen molar-refractivity contribution in [3.8, 4) is 17.4 Å². The van der Waals surface area contributed by atoms with Crippen LogP contribution in [-0.4, -0.2) is 63.0 Å². The van der Waals surface area contributed by atoms with E-state index in [0.717, 1.165) is 55.3 Å². The molecule has 3 heterocycles. The zero-order valence-electron chi connectivity index (χ0n) is 25.1. The predicted molar refractivity (Wildman–Crippen MR) is 166 cm³/mol. The van der Waals surface area contributed by atoms with Crippen LogP contribution >= 0.6 is 0 Å². The normalized spacial score (nSPS) is 13.5. The van der Waals surface area contributed by atoms with Crippen LogP contribution in [-0.2, 0) is 13.1 Å². The van der Waals surface area contributed by atoms with E-state index < -0.39 is 0 Å². The van der Waals surface area contributed by atoms with Crippen LogP contribution in [0.4, 0.5) is 5.69 Å². The minimum Gasteiger partial charge on any atom is -0.493 e. The van der Waals surface area contributed by atoms with Crippen LogP contribution in [0.25, 0.3) is 4.85 Å². The molecule has 0 spiro atoms. The third kappa shape index (κ3) is 7.40. The highest BCUT2D eigenvalue weighted by Gasteiger charge is 2.25. The molecule has 9 heteroatoms. The van der Waals surface area contributed by atoms with E-state index in [1.807, 2.05) is 73.5 Å². The Morgan fingerprint density at radius 3 is 2.56 bits per heavy atom. The first-order chi connectivity index (χ1) is 20.9. The van der Waals surface area contributed by atoms with Crippen LogP contribution < -0.4 is 9.47 Å². The summed E-state index contributed by atoms with van der Waals surface area (Å²) in [5.74, 6) is 2.56. The minimum absolute atomic E-state index is 0.0226. The SMILES string of the molecule is [C-]#[N+]c1ccc(Cn2c(CN3CCN(C(=O)c4ccccc4OCCCC)CC3)cnc2C)cc1Oc1cccc(C)n1. The van der Waals surface area contributed by atoms with E-state index in [0.29, 0.717) is 54.9 Å². The minimum atomic E-state index is 0.0226. The second kappa shape index (κ2) is 14.0. The Bertz CT molecular complexity index is 1600. The van der Waals surface area contributed by atoms with Crippen LogP contribution in [0.15, 0.2) is 66.9 Å². The topological polar surface area (TPSA) is 77.1 Å². The maximum atomic E-state index is 13.4. The number of imidazole rings is 1. The highest BCUT2D eigenvalue weighted by molar-refractivity contribution is 5.97. The lowest BCUT2D eigenvalue weighted by Crippen LogP contribution is -2.48. The highest BCUT2D eigenvalue weighted by atomic mass is 16.5. The van der Waals surface area contributed by atoms with E-state index in [9.17, 15) is 4.79 Å². The molecule has 9 nitrogen and oxygen atoms in total. The number of aromatic nitrogens is 3. The van der Waals surface area contributed by atoms with Crippen molar-refractivity contribution in [2.75, 3.05) is 32.8 Å². The van der Waals surface area contributed by atoms with Crippen molar-refractivity contribution >= 4 is 11.6 Å². The molecule has 1 saturated heterocycles. The third-order valence-electron chi connectivity index (χ3n) is 7.62. The summed E-state index contributed by atoms with van der Waals surface area (Å²) in [6.45, 7) is 18.4. The zero-order valence-corrected chi connectivity index (χ0v) is 25.1. The Morgan fingerprint density at radius 1 is 0.977 bits per heavy atom. The first kappa shape index (κ1) is 29.8. The maximum absolute atomic E-state index is 13.4. The van der Waals surface area contributed by atoms with Gasteiger partial charge in [0, 0.05) is 57.2 Å². The van der Waals surface area contributed by atoms with Crippen molar-refractivity contribution in [3.05, 3.63) is 107 Å². The Balaban J connectivity index is 1.23. The van der Waals surface area contributed by atoms with Gasteiger partial charge in [-0.3, -0.25) is 9.69 Å². The van der Waals surface area contributed by atoms with Gasteiger partial charge in [-0.25, -0.2) is 14.8 Å². The summed E-state index contributed by atoms with van der Waals surface area (Å²) < 4.78 is 14.1. The van der Waals surface area contributed by atoms with E-state index in [4.69, 9.17) is 16.0 Å². The summed E-state index contributed by atoms with van der Waals surface area (Å²) in [4.78, 5) is 30.3. The van der Waals surface area contributed by atoms with Gasteiger partial charge in [-0.2, -0.15) is 0 Å². The van der Waals surface area contributed by atoms with Crippen LogP contribution in [0, 0.1) is 20.4 Å². The van der Waals surface area contributed by atoms with E-state index in [1.165, 1.54) is 0 Å². The van der Waals surface area contributed by atoms with Gasteiger partial charge in [0.15, 0.2) is 0 Å². The molecule has 222 valence electrons. The van der Waals surface area contributed by atoms with Gasteiger partial charge < -0.3 is 18.9 Å². The Labute approximate surface area is 253 Å². The third-order valence-corrected chi connectivity index (χ3v) is 7.62. The average Bonchev–Trinajstić information content (AvgIpc) is 3.35. The molecule has 2 aromatic heterocycles. The number of carbonyl (C=O) groups is 1. The fraction of sp³-hybridized carbons (Fsp3) is 0.353. The number of ether oxygens (including phenoxy) is 2. The van der Waals surface area contributed by atoms with Crippen molar-refractivity contribution in [2.24, 2.45) is 0 Å². The van der Waals surface area contributed by atoms with Gasteiger partial charge >= 0.3 is 0 Å². The van der Waals surface area contributed by atoms with Crippen LogP contribution in [0.3, 0.4) is 0 Å². The van der Waals surface area contributed by atoms with Crippen molar-refractivity contribution < 1.29 is 14.3 Å². The summed E-state index contributed by atoms with van der Waals surface area (Å²) in [5.41, 5.74) is 4.03. The summed E-state index contributed by atoms with van der Waals surface area (Å²) >= 11 is 0. The van der Waals surface area contributed by atoms with Crippen LogP contribution in [0.5, 0.6) is 17.4 Å². The van der Waals surface area contributed by atoms with Crippen molar-refractivity contribution in [3.63, 3.8) is 0 Å². The molecule has 4 aromatic rings. The molecule has 43 heavy (non-hydrogen) atoms. The van der Waals surface area contributed by atoms with E-state index in [1.54, 1.807) is 12.1 Å². The van der Waals surface area contributed by atoms with Gasteiger partial charge in [0.25, 0.3) is 5.91 Å². The molecule has 1 aliphatic rings. The molecule has 0 saturated carbocycles. The fourth-order valence-corrected chi connectivity index (χ4v) is 5.16. The lowest BCUT2D eigenvalue weighted by Gasteiger charge is -2.35. The molecule has 0 bridgehead atoms. The standard InChI is InChI=1S/C34H38N6O3/c1-5-6-20-42-31-12-8-7-11-29(31)34(41)39-18-16-38(17-19-39)24-28-22-36-26(3)40(28)23-27-14-15-30(35-4)32(21-27)43-33-13-9-10-25(2)37-33/h7-15,21-22H,5-6,16-20,23-24H2,1-3H3. The summed E-state index contributed by atoms with van der Waals surface area (Å²) in [5, 5.41) is 0. The molecule has 1 fully saturated rings. The lowest BCUT2D eigenvalue weighted by molar-refractivity contribution is 0.0621. The van der Waals surface area contributed by atoms with Gasteiger partial charge in [0.2, 0.25) is 11.6 Å². The average molecular weight is 579 g/mol. The highest BCUT2D eigenvalue weighted by Crippen LogP contribution is 2.33. The first-order valence-corrected chi connectivity index (χ1v) is 14.8. The number of benzene rings is 2. The number of carbonyl (C=O) groups excluding carboxylic acids is 1. The van der Waals surface area contributed by atoms with Crippen molar-refractivity contribution in [2.45, 2.75) is 46.7 Å². The van der Waals surface area contributed by atoms with Gasteiger partial charge in [0.05, 0.1) is 24.4 Å². The van der Waals surface area contributed by atoms with E-state index in [2.05, 4.69) is 31.2 Å². The maximum Gasteiger partial charge on any atom is 0.257 e. The number of pyridine rings is 1. The number of piperazine rings is 1. The molecule has 5 rings (SSSR count). The molecular weight excluding hydrogens is 540 g/mol. The number of rotatable bonds is 11. The number of unbranched alkanes of at least 4 members (excludes halogenated alkanes) is 1. The van der Waals surface area contributed by atoms with E-state index >= 15 is 0 Å². The molecule has 0 unspecified atom stereocenters. The second-order valence-electron chi connectivity index (χ2n) is 10.8. The molecule has 1 amide bonds. The quantitative estimate of drug-likeness (QED) is 0.151. The Hall–Kier alpha value is -4.68. The molecular formula is C34H38N6O3. The molecule has 0 aliphatic carbocycles. The second-order valence-corrected chi connectivity index (χ2v) is 10.8. The Kier molecular flexibility index (Phi) is 9.70. The largest absolute Gasteiger partial charge is 0.493 e. The number of amides is 1. The van der Waals surface area contributed by atoms with Gasteiger partial charge in [-0.1, -0.05) is 43.7 Å². The van der Waals surface area contributed by atoms with Crippen LogP contribution in [0.1, 0.15) is 52.9 Å². The number of aryl methyl sites for hydroxylation is 2. The summed E-state index contributed by atoms with van der Waals surface area (Å²) in [6, 6.07) is 18.8. The number of hydrogen-bond donors (Lipinski definition) is 0. The molecule has 0 N–H and O–H groups in total. The number of hydrogen-bond acceptors (Lipinski definition) is 6. The number of nitrogens with zero attached hydrogens (tertiary/aromatic N) is 6. The molecule has 1 aliphatic heterocycles. The zero-order chi connectivity index (χ0) is 30.2. The fourth-order valence-electron chi connectivity index (χ4n) is 5.16. The molecule has 0 atom stereocenters. The monoisotopic (exact) mass is 578 g/mol. The lowest BCUT2D eigenvalue weighted by atomic mass is 10.1. The smallest absolute Gasteiger partial charge is 0.257 e. The predicted octanol–water partition coefficient (Wildman–Crippen LogP) is 6.42. The van der Waals surface area contributed by atoms with Crippen LogP contribution in [0.2, 0.25) is 0 Å². The Morgan fingerprint density at radius 2 is 1.79 bits per heavy atom. The van der Waals surface area contributed by atoms with Crippen molar-refractivity contribution in [1.82, 2.24) is 24.3 Å². The van der Waals surface area contributed by atoms with Gasteiger partial charge in [0.1, 0.15) is 17.3 Å². The van der Waals surface area contributed by atoms with Crippen molar-refractivity contribution in [1.29, 1.82) is 0 Å². The summed E-state index contributed by atoms with van der Waals surface area (Å²) in [7, 11) is 0. The van der Waals surface area contributed by atoms with Gasteiger partial charge in [-0.05, 0) is 50.1 Å². The van der Waals surface area contributed by atoms with E-state index in [-0.39, 0.29) is 5.91 Å². The molecule has 0 radical (unpaired) electrons. The first-order valence-electron chi connectivity index (χ1n) is 14.8. The summed E-state index contributed by atoms with van der Waals surface area (Å²) in [6.07, 6.45) is 3.94. The number of para-hydroxylation sites is 1. The molecule has 2 aromatic carbocycles. The van der Waals surface area contributed by atoms with Gasteiger partial charge in [-0.15, -0.1) is 0 Å².